The smallest absolute Gasteiger partial charge is 0.292 e. The minimum absolute atomic E-state index is 0.0191. The van der Waals surface area contributed by atoms with Gasteiger partial charge in [0.1, 0.15) is 0 Å². The second-order valence-corrected chi connectivity index (χ2v) is 2.84. The van der Waals surface area contributed by atoms with Gasteiger partial charge in [-0.1, -0.05) is 0 Å². The number of fused-ring (bicyclic) bond motifs is 1. The number of ketones is 1. The topological polar surface area (TPSA) is 43.1 Å². The van der Waals surface area contributed by atoms with Crippen LogP contribution >= 0.6 is 11.6 Å². The molecule has 1 aromatic rings. The van der Waals surface area contributed by atoms with E-state index in [2.05, 4.69) is 4.98 Å². The molecule has 58 valence electrons. The van der Waals surface area contributed by atoms with Gasteiger partial charge >= 0.3 is 0 Å². The fourth-order valence-electron chi connectivity index (χ4n) is 1.24. The third-order valence-electron chi connectivity index (χ3n) is 1.74. The quantitative estimate of drug-likeness (QED) is 0.598. The normalized spacial score (nSPS) is 16.6. The molecule has 4 heteroatoms. The summed E-state index contributed by atoms with van der Waals surface area (Å²) in [6.07, 6.45) is 2.21. The van der Waals surface area contributed by atoms with Crippen molar-refractivity contribution in [2.75, 3.05) is 0 Å². The fraction of sp³-hybridized carbons (Fsp3) is 0.429. The number of rotatable bonds is 0. The number of hydrogen-bond donors (Lipinski definition) is 0. The maximum absolute atomic E-state index is 11.1. The lowest BCUT2D eigenvalue weighted by molar-refractivity contribution is 0.0944. The predicted molar refractivity (Wildman–Crippen MR) is 38.8 cm³/mol. The van der Waals surface area contributed by atoms with E-state index < -0.39 is 0 Å². The third kappa shape index (κ3) is 1.05. The molecule has 0 N–H and O–H groups in total. The highest BCUT2D eigenvalue weighted by Crippen LogP contribution is 2.23. The van der Waals surface area contributed by atoms with Crippen molar-refractivity contribution in [3.05, 3.63) is 16.8 Å². The van der Waals surface area contributed by atoms with Gasteiger partial charge in [-0.15, -0.1) is 0 Å². The van der Waals surface area contributed by atoms with Crippen LogP contribution in [0, 0.1) is 0 Å². The number of oxazole rings is 1. The van der Waals surface area contributed by atoms with Crippen LogP contribution in [0.5, 0.6) is 0 Å². The van der Waals surface area contributed by atoms with E-state index in [4.69, 9.17) is 16.0 Å². The van der Waals surface area contributed by atoms with E-state index in [0.717, 1.165) is 12.8 Å². The average molecular weight is 172 g/mol. The Kier molecular flexibility index (Phi) is 1.46. The molecule has 1 aliphatic rings. The summed E-state index contributed by atoms with van der Waals surface area (Å²) in [6.45, 7) is 0. The summed E-state index contributed by atoms with van der Waals surface area (Å²) < 4.78 is 4.92. The molecule has 0 fully saturated rings. The van der Waals surface area contributed by atoms with Gasteiger partial charge in [0.2, 0.25) is 0 Å². The molecule has 0 saturated carbocycles. The van der Waals surface area contributed by atoms with E-state index in [1.165, 1.54) is 0 Å². The molecule has 0 spiro atoms. The Balaban J connectivity index is 2.52. The van der Waals surface area contributed by atoms with Crippen molar-refractivity contribution in [2.24, 2.45) is 0 Å². The largest absolute Gasteiger partial charge is 0.424 e. The Labute approximate surface area is 68.4 Å². The highest BCUT2D eigenvalue weighted by Gasteiger charge is 2.23. The van der Waals surface area contributed by atoms with Crippen molar-refractivity contribution in [3.8, 4) is 0 Å². The molecule has 2 rings (SSSR count). The molecule has 0 atom stereocenters. The van der Waals surface area contributed by atoms with Gasteiger partial charge in [-0.05, 0) is 24.4 Å². The minimum atomic E-state index is 0.0191. The molecular formula is C7H6ClNO2. The first-order chi connectivity index (χ1) is 5.27. The Hall–Kier alpha value is -0.830. The Morgan fingerprint density at radius 1 is 1.45 bits per heavy atom. The van der Waals surface area contributed by atoms with Crippen LogP contribution in [-0.2, 0) is 6.42 Å². The van der Waals surface area contributed by atoms with E-state index in [1.807, 2.05) is 0 Å². The van der Waals surface area contributed by atoms with Gasteiger partial charge in [0.05, 0.1) is 5.69 Å². The predicted octanol–water partition coefficient (Wildman–Crippen LogP) is 1.85. The number of carbonyl (C=O) groups is 1. The first kappa shape index (κ1) is 6.85. The Bertz CT molecular complexity index is 305. The monoisotopic (exact) mass is 171 g/mol. The molecule has 1 heterocycles. The lowest BCUT2D eigenvalue weighted by Crippen LogP contribution is -2.08. The maximum Gasteiger partial charge on any atom is 0.292 e. The van der Waals surface area contributed by atoms with Crippen LogP contribution in [0.2, 0.25) is 5.35 Å². The van der Waals surface area contributed by atoms with Crippen molar-refractivity contribution in [2.45, 2.75) is 19.3 Å². The molecule has 0 aliphatic heterocycles. The number of aromatic nitrogens is 1. The van der Waals surface area contributed by atoms with Crippen molar-refractivity contribution in [3.63, 3.8) is 0 Å². The third-order valence-corrected chi connectivity index (χ3v) is 1.90. The summed E-state index contributed by atoms with van der Waals surface area (Å²) in [5.74, 6) is 0.381. The van der Waals surface area contributed by atoms with Gasteiger partial charge in [-0.2, -0.15) is 0 Å². The summed E-state index contributed by atoms with van der Waals surface area (Å²) in [4.78, 5) is 15.0. The molecule has 0 bridgehead atoms. The zero-order valence-corrected chi connectivity index (χ0v) is 6.52. The number of aryl methyl sites for hydroxylation is 1. The molecule has 11 heavy (non-hydrogen) atoms. The highest BCUT2D eigenvalue weighted by atomic mass is 35.5. The Morgan fingerprint density at radius 3 is 3.00 bits per heavy atom. The van der Waals surface area contributed by atoms with Crippen LogP contribution in [0.3, 0.4) is 0 Å². The molecule has 0 saturated heterocycles. The number of carbonyl (C=O) groups excluding carboxylic acids is 1. The van der Waals surface area contributed by atoms with Crippen LogP contribution in [0.1, 0.15) is 29.1 Å². The van der Waals surface area contributed by atoms with Gasteiger partial charge in [-0.25, -0.2) is 4.98 Å². The molecular weight excluding hydrogens is 166 g/mol. The molecule has 1 aromatic heterocycles. The standard InChI is InChI=1S/C7H6ClNO2/c8-7-9-4-2-1-3-5(10)6(4)11-7/h1-3H2. The number of Topliss-reactive ketones (excluding diaryl/α,β-unsaturated/α-hetero) is 1. The van der Waals surface area contributed by atoms with Gasteiger partial charge in [-0.3, -0.25) is 4.79 Å². The molecule has 3 nitrogen and oxygen atoms in total. The first-order valence-electron chi connectivity index (χ1n) is 3.46. The summed E-state index contributed by atoms with van der Waals surface area (Å²) in [5, 5.41) is 0.0743. The van der Waals surface area contributed by atoms with Crippen LogP contribution in [0.4, 0.5) is 0 Å². The van der Waals surface area contributed by atoms with Gasteiger partial charge in [0.15, 0.2) is 11.5 Å². The lowest BCUT2D eigenvalue weighted by Gasteiger charge is -2.04. The van der Waals surface area contributed by atoms with Crippen molar-refractivity contribution in [1.29, 1.82) is 0 Å². The van der Waals surface area contributed by atoms with Crippen molar-refractivity contribution < 1.29 is 9.21 Å². The van der Waals surface area contributed by atoms with Crippen LogP contribution in [0.15, 0.2) is 4.42 Å². The SMILES string of the molecule is O=C1CCCc2nc(Cl)oc21. The molecule has 0 radical (unpaired) electrons. The average Bonchev–Trinajstić information content (AvgIpc) is 2.31. The summed E-state index contributed by atoms with van der Waals surface area (Å²) >= 11 is 5.49. The van der Waals surface area contributed by atoms with E-state index in [-0.39, 0.29) is 11.1 Å². The first-order valence-corrected chi connectivity index (χ1v) is 3.83. The Morgan fingerprint density at radius 2 is 2.27 bits per heavy atom. The highest BCUT2D eigenvalue weighted by molar-refractivity contribution is 6.27. The van der Waals surface area contributed by atoms with Gasteiger partial charge < -0.3 is 4.42 Å². The van der Waals surface area contributed by atoms with E-state index in [1.54, 1.807) is 0 Å². The number of nitrogens with zero attached hydrogens (tertiary/aromatic N) is 1. The second-order valence-electron chi connectivity index (χ2n) is 2.52. The van der Waals surface area contributed by atoms with Crippen LogP contribution in [-0.4, -0.2) is 10.8 Å². The van der Waals surface area contributed by atoms with Crippen LogP contribution in [0.25, 0.3) is 0 Å². The zero-order chi connectivity index (χ0) is 7.84. The molecule has 0 unspecified atom stereocenters. The van der Waals surface area contributed by atoms with Crippen molar-refractivity contribution >= 4 is 17.4 Å². The maximum atomic E-state index is 11.1. The van der Waals surface area contributed by atoms with E-state index in [9.17, 15) is 4.79 Å². The molecule has 1 aliphatic carbocycles. The van der Waals surface area contributed by atoms with Gasteiger partial charge in [0, 0.05) is 6.42 Å². The van der Waals surface area contributed by atoms with Gasteiger partial charge in [0.25, 0.3) is 5.35 Å². The minimum Gasteiger partial charge on any atom is -0.424 e. The number of halogens is 1. The fourth-order valence-corrected chi connectivity index (χ4v) is 1.42. The summed E-state index contributed by atoms with van der Waals surface area (Å²) in [7, 11) is 0. The molecule has 0 aromatic carbocycles. The van der Waals surface area contributed by atoms with Crippen LogP contribution < -0.4 is 0 Å². The van der Waals surface area contributed by atoms with E-state index >= 15 is 0 Å². The second kappa shape index (κ2) is 2.34. The zero-order valence-electron chi connectivity index (χ0n) is 5.76. The lowest BCUT2D eigenvalue weighted by atomic mass is 10.0. The van der Waals surface area contributed by atoms with Crippen molar-refractivity contribution in [1.82, 2.24) is 4.98 Å². The van der Waals surface area contributed by atoms with E-state index in [0.29, 0.717) is 17.9 Å². The number of hydrogen-bond acceptors (Lipinski definition) is 3. The summed E-state index contributed by atoms with van der Waals surface area (Å²) in [5.41, 5.74) is 0.714. The summed E-state index contributed by atoms with van der Waals surface area (Å²) in [6, 6.07) is 0. The molecule has 0 amide bonds.